The van der Waals surface area contributed by atoms with Crippen LogP contribution in [0, 0.1) is 5.41 Å². The Hall–Kier alpha value is -2.82. The van der Waals surface area contributed by atoms with Crippen LogP contribution in [0.3, 0.4) is 0 Å². The Kier molecular flexibility index (Phi) is 6.84. The van der Waals surface area contributed by atoms with Crippen LogP contribution in [0.5, 0.6) is 0 Å². The van der Waals surface area contributed by atoms with Gasteiger partial charge in [-0.2, -0.15) is 0 Å². The number of carbonyl (C=O) groups excluding carboxylic acids is 2. The molecule has 0 aliphatic rings. The van der Waals surface area contributed by atoms with E-state index in [0.717, 1.165) is 17.9 Å². The fourth-order valence-corrected chi connectivity index (χ4v) is 2.84. The molecule has 0 bridgehead atoms. The number of hydrogen-bond donors (Lipinski definition) is 2. The first-order chi connectivity index (χ1) is 13.1. The normalized spacial score (nSPS) is 11.2. The minimum atomic E-state index is -0.498. The van der Waals surface area contributed by atoms with Crippen LogP contribution in [-0.2, 0) is 4.79 Å². The van der Waals surface area contributed by atoms with Gasteiger partial charge in [0.2, 0.25) is 5.91 Å². The predicted molar refractivity (Wildman–Crippen MR) is 117 cm³/mol. The standard InChI is InChI=1S/C23H31N3O2/c1-7-26(16(2)3)20-13-11-18(12-14-20)24-21(27)17-9-8-10-19(15-17)25-22(28)23(4,5)6/h8-16H,7H2,1-6H3,(H,24,27)(H,25,28). The Morgan fingerprint density at radius 2 is 1.61 bits per heavy atom. The van der Waals surface area contributed by atoms with Crippen molar-refractivity contribution in [2.75, 3.05) is 22.1 Å². The van der Waals surface area contributed by atoms with Gasteiger partial charge in [0.05, 0.1) is 0 Å². The summed E-state index contributed by atoms with van der Waals surface area (Å²) in [7, 11) is 0. The molecule has 0 saturated carbocycles. The molecule has 0 unspecified atom stereocenters. The Balaban J connectivity index is 2.09. The van der Waals surface area contributed by atoms with Crippen LogP contribution < -0.4 is 15.5 Å². The summed E-state index contributed by atoms with van der Waals surface area (Å²) >= 11 is 0. The first-order valence-corrected chi connectivity index (χ1v) is 9.71. The number of anilines is 3. The molecular weight excluding hydrogens is 350 g/mol. The summed E-state index contributed by atoms with van der Waals surface area (Å²) in [6, 6.07) is 15.2. The highest BCUT2D eigenvalue weighted by Crippen LogP contribution is 2.21. The molecule has 0 aliphatic heterocycles. The molecule has 150 valence electrons. The number of nitrogens with one attached hydrogen (secondary N) is 2. The SMILES string of the molecule is CCN(c1ccc(NC(=O)c2cccc(NC(=O)C(C)(C)C)c2)cc1)C(C)C. The van der Waals surface area contributed by atoms with Gasteiger partial charge in [-0.3, -0.25) is 9.59 Å². The summed E-state index contributed by atoms with van der Waals surface area (Å²) in [5.74, 6) is -0.304. The third-order valence-corrected chi connectivity index (χ3v) is 4.48. The minimum Gasteiger partial charge on any atom is -0.369 e. The van der Waals surface area contributed by atoms with Crippen LogP contribution >= 0.6 is 0 Å². The fraction of sp³-hybridized carbons (Fsp3) is 0.391. The number of benzene rings is 2. The first-order valence-electron chi connectivity index (χ1n) is 9.71. The molecule has 2 N–H and O–H groups in total. The molecular formula is C23H31N3O2. The van der Waals surface area contributed by atoms with Crippen LogP contribution in [-0.4, -0.2) is 24.4 Å². The van der Waals surface area contributed by atoms with E-state index in [-0.39, 0.29) is 11.8 Å². The smallest absolute Gasteiger partial charge is 0.255 e. The molecule has 0 heterocycles. The summed E-state index contributed by atoms with van der Waals surface area (Å²) in [5, 5.41) is 5.77. The van der Waals surface area contributed by atoms with Gasteiger partial charge in [-0.25, -0.2) is 0 Å². The Bertz CT molecular complexity index is 820. The number of amides is 2. The van der Waals surface area contributed by atoms with Gasteiger partial charge in [0.25, 0.3) is 5.91 Å². The van der Waals surface area contributed by atoms with E-state index in [1.807, 2.05) is 45.0 Å². The molecule has 5 heteroatoms. The molecule has 2 rings (SSSR count). The third-order valence-electron chi connectivity index (χ3n) is 4.48. The maximum Gasteiger partial charge on any atom is 0.255 e. The molecule has 0 aromatic heterocycles. The van der Waals surface area contributed by atoms with Crippen LogP contribution in [0.15, 0.2) is 48.5 Å². The molecule has 0 radical (unpaired) electrons. The second kappa shape index (κ2) is 8.91. The molecule has 0 saturated heterocycles. The Labute approximate surface area is 168 Å². The highest BCUT2D eigenvalue weighted by molar-refractivity contribution is 6.05. The maximum absolute atomic E-state index is 12.6. The van der Waals surface area contributed by atoms with Crippen molar-refractivity contribution >= 4 is 28.9 Å². The summed E-state index contributed by atoms with van der Waals surface area (Å²) in [4.78, 5) is 27.0. The molecule has 0 fully saturated rings. The van der Waals surface area contributed by atoms with Gasteiger partial charge in [-0.1, -0.05) is 26.8 Å². The second-order valence-electron chi connectivity index (χ2n) is 8.17. The average Bonchev–Trinajstić information content (AvgIpc) is 2.63. The zero-order valence-corrected chi connectivity index (χ0v) is 17.7. The van der Waals surface area contributed by atoms with Gasteiger partial charge < -0.3 is 15.5 Å². The lowest BCUT2D eigenvalue weighted by Gasteiger charge is -2.27. The van der Waals surface area contributed by atoms with Crippen molar-refractivity contribution in [3.8, 4) is 0 Å². The molecule has 0 spiro atoms. The van der Waals surface area contributed by atoms with Crippen LogP contribution in [0.2, 0.25) is 0 Å². The minimum absolute atomic E-state index is 0.0914. The largest absolute Gasteiger partial charge is 0.369 e. The third kappa shape index (κ3) is 5.59. The summed E-state index contributed by atoms with van der Waals surface area (Å²) in [6.07, 6.45) is 0. The van der Waals surface area contributed by atoms with E-state index < -0.39 is 5.41 Å². The lowest BCUT2D eigenvalue weighted by molar-refractivity contribution is -0.123. The van der Waals surface area contributed by atoms with Crippen LogP contribution in [0.25, 0.3) is 0 Å². The van der Waals surface area contributed by atoms with E-state index in [9.17, 15) is 9.59 Å². The highest BCUT2D eigenvalue weighted by Gasteiger charge is 2.21. The Morgan fingerprint density at radius 1 is 0.964 bits per heavy atom. The summed E-state index contributed by atoms with van der Waals surface area (Å²) in [5.41, 5.74) is 2.47. The van der Waals surface area contributed by atoms with Crippen LogP contribution in [0.1, 0.15) is 51.9 Å². The second-order valence-corrected chi connectivity index (χ2v) is 8.17. The van der Waals surface area contributed by atoms with Crippen molar-refractivity contribution in [3.05, 3.63) is 54.1 Å². The van der Waals surface area contributed by atoms with E-state index in [2.05, 4.69) is 36.3 Å². The molecule has 2 aromatic rings. The van der Waals surface area contributed by atoms with E-state index >= 15 is 0 Å². The lowest BCUT2D eigenvalue weighted by Crippen LogP contribution is -2.30. The van der Waals surface area contributed by atoms with Crippen LogP contribution in [0.4, 0.5) is 17.1 Å². The number of nitrogens with zero attached hydrogens (tertiary/aromatic N) is 1. The zero-order chi connectivity index (χ0) is 20.9. The number of carbonyl (C=O) groups is 2. The van der Waals surface area contributed by atoms with E-state index in [1.54, 1.807) is 24.3 Å². The van der Waals surface area contributed by atoms with E-state index in [1.165, 1.54) is 0 Å². The van der Waals surface area contributed by atoms with Gasteiger partial charge in [0, 0.05) is 40.6 Å². The van der Waals surface area contributed by atoms with Gasteiger partial charge >= 0.3 is 0 Å². The maximum atomic E-state index is 12.6. The monoisotopic (exact) mass is 381 g/mol. The molecule has 28 heavy (non-hydrogen) atoms. The van der Waals surface area contributed by atoms with Crippen molar-refractivity contribution in [1.29, 1.82) is 0 Å². The van der Waals surface area contributed by atoms with Crippen molar-refractivity contribution < 1.29 is 9.59 Å². The van der Waals surface area contributed by atoms with Crippen molar-refractivity contribution in [1.82, 2.24) is 0 Å². The summed E-state index contributed by atoms with van der Waals surface area (Å²) < 4.78 is 0. The first kappa shape index (κ1) is 21.5. The molecule has 0 atom stereocenters. The molecule has 0 aliphatic carbocycles. The van der Waals surface area contributed by atoms with Crippen molar-refractivity contribution in [2.45, 2.75) is 47.6 Å². The van der Waals surface area contributed by atoms with E-state index in [0.29, 0.717) is 17.3 Å². The van der Waals surface area contributed by atoms with Crippen molar-refractivity contribution in [3.63, 3.8) is 0 Å². The van der Waals surface area contributed by atoms with Crippen molar-refractivity contribution in [2.24, 2.45) is 5.41 Å². The predicted octanol–water partition coefficient (Wildman–Crippen LogP) is 5.16. The summed E-state index contributed by atoms with van der Waals surface area (Å²) in [6.45, 7) is 12.9. The molecule has 2 amide bonds. The molecule has 5 nitrogen and oxygen atoms in total. The van der Waals surface area contributed by atoms with Gasteiger partial charge in [0.1, 0.15) is 0 Å². The average molecular weight is 382 g/mol. The quantitative estimate of drug-likeness (QED) is 0.727. The lowest BCUT2D eigenvalue weighted by atomic mass is 9.95. The van der Waals surface area contributed by atoms with Gasteiger partial charge in [-0.15, -0.1) is 0 Å². The highest BCUT2D eigenvalue weighted by atomic mass is 16.2. The zero-order valence-electron chi connectivity index (χ0n) is 17.7. The van der Waals surface area contributed by atoms with Gasteiger partial charge in [0.15, 0.2) is 0 Å². The number of hydrogen-bond acceptors (Lipinski definition) is 3. The topological polar surface area (TPSA) is 61.4 Å². The Morgan fingerprint density at radius 3 is 2.14 bits per heavy atom. The number of rotatable bonds is 6. The van der Waals surface area contributed by atoms with E-state index in [4.69, 9.17) is 0 Å². The fourth-order valence-electron chi connectivity index (χ4n) is 2.84. The molecule has 2 aromatic carbocycles. The van der Waals surface area contributed by atoms with Gasteiger partial charge in [-0.05, 0) is 63.2 Å².